The van der Waals surface area contributed by atoms with Gasteiger partial charge in [0.05, 0.1) is 18.4 Å². The quantitative estimate of drug-likeness (QED) is 0.853. The zero-order chi connectivity index (χ0) is 17.1. The van der Waals surface area contributed by atoms with Crippen LogP contribution in [0.2, 0.25) is 0 Å². The molecule has 6 nitrogen and oxygen atoms in total. The number of anilines is 1. The minimum Gasteiger partial charge on any atom is -0.486 e. The van der Waals surface area contributed by atoms with Gasteiger partial charge in [0.1, 0.15) is 11.9 Å². The molecule has 1 spiro atoms. The molecule has 0 amide bonds. The summed E-state index contributed by atoms with van der Waals surface area (Å²) < 4.78 is 12.3. The number of hydrogen-bond acceptors (Lipinski definition) is 6. The van der Waals surface area contributed by atoms with Gasteiger partial charge in [-0.25, -0.2) is 9.97 Å². The Morgan fingerprint density at radius 2 is 2.20 bits per heavy atom. The predicted molar refractivity (Wildman–Crippen MR) is 94.8 cm³/mol. The third kappa shape index (κ3) is 3.58. The summed E-state index contributed by atoms with van der Waals surface area (Å²) in [4.78, 5) is 15.4. The van der Waals surface area contributed by atoms with Crippen LogP contribution >= 0.6 is 0 Å². The maximum absolute atomic E-state index is 6.22. The van der Waals surface area contributed by atoms with Gasteiger partial charge in [0.25, 0.3) is 0 Å². The summed E-state index contributed by atoms with van der Waals surface area (Å²) in [5.41, 5.74) is 1.01. The number of ether oxygens (including phenoxy) is 2. The van der Waals surface area contributed by atoms with Crippen LogP contribution in [0.3, 0.4) is 0 Å². The minimum atomic E-state index is -0.155. The molecule has 2 aliphatic heterocycles. The first-order valence-corrected chi connectivity index (χ1v) is 9.03. The summed E-state index contributed by atoms with van der Waals surface area (Å²) in [5, 5.41) is 0. The standard InChI is InChI=1S/C19H24N4O2/c1-2-15-10-21-18(22-11-15)23-8-4-6-19(14-23)9-17(13-24-19)25-16-5-3-7-20-12-16/h3,5,7,10-12,17H,2,4,6,8-9,13-14H2,1H3. The average molecular weight is 340 g/mol. The highest BCUT2D eigenvalue weighted by Gasteiger charge is 2.45. The van der Waals surface area contributed by atoms with E-state index in [0.29, 0.717) is 6.61 Å². The monoisotopic (exact) mass is 340 g/mol. The highest BCUT2D eigenvalue weighted by atomic mass is 16.6. The largest absolute Gasteiger partial charge is 0.486 e. The zero-order valence-corrected chi connectivity index (χ0v) is 14.6. The van der Waals surface area contributed by atoms with Crippen LogP contribution in [-0.2, 0) is 11.2 Å². The zero-order valence-electron chi connectivity index (χ0n) is 14.6. The van der Waals surface area contributed by atoms with Crippen molar-refractivity contribution in [3.63, 3.8) is 0 Å². The molecule has 2 atom stereocenters. The fourth-order valence-electron chi connectivity index (χ4n) is 3.73. The van der Waals surface area contributed by atoms with Crippen molar-refractivity contribution in [2.24, 2.45) is 0 Å². The molecule has 0 aromatic carbocycles. The second kappa shape index (κ2) is 6.96. The summed E-state index contributed by atoms with van der Waals surface area (Å²) in [6, 6.07) is 3.83. The molecular weight excluding hydrogens is 316 g/mol. The molecule has 25 heavy (non-hydrogen) atoms. The lowest BCUT2D eigenvalue weighted by molar-refractivity contribution is -0.00845. The van der Waals surface area contributed by atoms with Crippen molar-refractivity contribution >= 4 is 5.95 Å². The van der Waals surface area contributed by atoms with Crippen LogP contribution in [0.4, 0.5) is 5.95 Å². The summed E-state index contributed by atoms with van der Waals surface area (Å²) >= 11 is 0. The van der Waals surface area contributed by atoms with Crippen molar-refractivity contribution in [2.45, 2.75) is 44.3 Å². The number of pyridine rings is 1. The Hall–Kier alpha value is -2.21. The number of nitrogens with zero attached hydrogens (tertiary/aromatic N) is 4. The van der Waals surface area contributed by atoms with E-state index < -0.39 is 0 Å². The van der Waals surface area contributed by atoms with E-state index in [2.05, 4.69) is 26.8 Å². The van der Waals surface area contributed by atoms with Crippen LogP contribution in [0.25, 0.3) is 0 Å². The first-order chi connectivity index (χ1) is 12.3. The van der Waals surface area contributed by atoms with E-state index in [9.17, 15) is 0 Å². The van der Waals surface area contributed by atoms with Crippen LogP contribution in [0.15, 0.2) is 36.9 Å². The van der Waals surface area contributed by atoms with E-state index in [0.717, 1.165) is 56.0 Å². The fraction of sp³-hybridized carbons (Fsp3) is 0.526. The average Bonchev–Trinajstić information content (AvgIpc) is 3.04. The van der Waals surface area contributed by atoms with Gasteiger partial charge in [-0.05, 0) is 37.0 Å². The third-order valence-corrected chi connectivity index (χ3v) is 5.03. The van der Waals surface area contributed by atoms with Crippen molar-refractivity contribution in [3.8, 4) is 5.75 Å². The topological polar surface area (TPSA) is 60.4 Å². The van der Waals surface area contributed by atoms with Gasteiger partial charge in [0.2, 0.25) is 5.95 Å². The van der Waals surface area contributed by atoms with E-state index in [1.165, 1.54) is 0 Å². The Kier molecular flexibility index (Phi) is 4.53. The number of aryl methyl sites for hydroxylation is 1. The van der Waals surface area contributed by atoms with E-state index in [-0.39, 0.29) is 11.7 Å². The van der Waals surface area contributed by atoms with Crippen molar-refractivity contribution in [1.29, 1.82) is 0 Å². The molecule has 2 fully saturated rings. The van der Waals surface area contributed by atoms with Crippen LogP contribution < -0.4 is 9.64 Å². The van der Waals surface area contributed by atoms with Gasteiger partial charge >= 0.3 is 0 Å². The second-order valence-electron chi connectivity index (χ2n) is 6.90. The lowest BCUT2D eigenvalue weighted by Crippen LogP contribution is -2.48. The van der Waals surface area contributed by atoms with E-state index in [1.807, 2.05) is 24.5 Å². The minimum absolute atomic E-state index is 0.0764. The number of rotatable bonds is 4. The first-order valence-electron chi connectivity index (χ1n) is 9.03. The molecule has 0 saturated carbocycles. The maximum atomic E-state index is 6.22. The lowest BCUT2D eigenvalue weighted by Gasteiger charge is -2.39. The number of hydrogen-bond donors (Lipinski definition) is 0. The summed E-state index contributed by atoms with van der Waals surface area (Å²) in [7, 11) is 0. The Bertz CT molecular complexity index is 694. The number of aromatic nitrogens is 3. The van der Waals surface area contributed by atoms with E-state index in [1.54, 1.807) is 12.4 Å². The SMILES string of the molecule is CCc1cnc(N2CCCC3(CC(Oc4cccnc4)CO3)C2)nc1. The smallest absolute Gasteiger partial charge is 0.225 e. The molecular formula is C19H24N4O2. The van der Waals surface area contributed by atoms with Gasteiger partial charge in [0.15, 0.2) is 0 Å². The van der Waals surface area contributed by atoms with E-state index >= 15 is 0 Å². The maximum Gasteiger partial charge on any atom is 0.225 e. The van der Waals surface area contributed by atoms with Crippen molar-refractivity contribution in [1.82, 2.24) is 15.0 Å². The molecule has 2 saturated heterocycles. The molecule has 2 aromatic heterocycles. The fourth-order valence-corrected chi connectivity index (χ4v) is 3.73. The molecule has 0 N–H and O–H groups in total. The summed E-state index contributed by atoms with van der Waals surface area (Å²) in [6.07, 6.45) is 11.4. The Morgan fingerprint density at radius 3 is 2.96 bits per heavy atom. The second-order valence-corrected chi connectivity index (χ2v) is 6.90. The molecule has 0 bridgehead atoms. The normalized spacial score (nSPS) is 26.1. The van der Waals surface area contributed by atoms with Gasteiger partial charge in [0, 0.05) is 38.1 Å². The Morgan fingerprint density at radius 1 is 1.32 bits per heavy atom. The van der Waals surface area contributed by atoms with Crippen LogP contribution in [-0.4, -0.2) is 46.4 Å². The molecule has 4 heterocycles. The summed E-state index contributed by atoms with van der Waals surface area (Å²) in [5.74, 6) is 1.61. The predicted octanol–water partition coefficient (Wildman–Crippen LogP) is 2.64. The van der Waals surface area contributed by atoms with Crippen LogP contribution in [0.1, 0.15) is 31.7 Å². The number of piperidine rings is 1. The summed E-state index contributed by atoms with van der Waals surface area (Å²) in [6.45, 7) is 4.54. The van der Waals surface area contributed by atoms with Gasteiger partial charge < -0.3 is 14.4 Å². The van der Waals surface area contributed by atoms with Crippen molar-refractivity contribution in [3.05, 3.63) is 42.5 Å². The Labute approximate surface area is 148 Å². The lowest BCUT2D eigenvalue weighted by atomic mass is 9.89. The highest BCUT2D eigenvalue weighted by molar-refractivity contribution is 5.32. The van der Waals surface area contributed by atoms with Crippen molar-refractivity contribution < 1.29 is 9.47 Å². The van der Waals surface area contributed by atoms with Gasteiger partial charge in [-0.1, -0.05) is 6.92 Å². The molecule has 4 rings (SSSR count). The molecule has 132 valence electrons. The Balaban J connectivity index is 1.42. The van der Waals surface area contributed by atoms with Crippen LogP contribution in [0, 0.1) is 0 Å². The molecule has 6 heteroatoms. The molecule has 0 radical (unpaired) electrons. The van der Waals surface area contributed by atoms with E-state index in [4.69, 9.17) is 9.47 Å². The third-order valence-electron chi connectivity index (χ3n) is 5.03. The molecule has 2 aliphatic rings. The van der Waals surface area contributed by atoms with Crippen LogP contribution in [0.5, 0.6) is 5.75 Å². The molecule has 2 unspecified atom stereocenters. The highest BCUT2D eigenvalue weighted by Crippen LogP contribution is 2.36. The first kappa shape index (κ1) is 16.3. The molecule has 0 aliphatic carbocycles. The van der Waals surface area contributed by atoms with Gasteiger partial charge in [-0.2, -0.15) is 0 Å². The van der Waals surface area contributed by atoms with Crippen molar-refractivity contribution in [2.75, 3.05) is 24.6 Å². The molecule has 2 aromatic rings. The van der Waals surface area contributed by atoms with Gasteiger partial charge in [-0.15, -0.1) is 0 Å². The van der Waals surface area contributed by atoms with Gasteiger partial charge in [-0.3, -0.25) is 4.98 Å².